The molecule has 0 fully saturated rings. The lowest BCUT2D eigenvalue weighted by molar-refractivity contribution is 0.111. The maximum atomic E-state index is 11.0. The summed E-state index contributed by atoms with van der Waals surface area (Å²) in [6, 6.07) is 4.11. The Morgan fingerprint density at radius 1 is 1.59 bits per heavy atom. The van der Waals surface area contributed by atoms with Crippen molar-refractivity contribution in [1.82, 2.24) is 9.47 Å². The molecule has 0 aliphatic carbocycles. The highest BCUT2D eigenvalue weighted by Gasteiger charge is 2.20. The van der Waals surface area contributed by atoms with Crippen LogP contribution in [0.3, 0.4) is 0 Å². The minimum Gasteiger partial charge on any atom is -0.341 e. The van der Waals surface area contributed by atoms with Crippen LogP contribution in [-0.4, -0.2) is 28.8 Å². The van der Waals surface area contributed by atoms with Crippen molar-refractivity contribution >= 4 is 6.29 Å². The summed E-state index contributed by atoms with van der Waals surface area (Å²) in [7, 11) is 0. The Bertz CT molecular complexity index is 456. The van der Waals surface area contributed by atoms with Gasteiger partial charge in [-0.05, 0) is 18.2 Å². The average Bonchev–Trinajstić information content (AvgIpc) is 2.72. The van der Waals surface area contributed by atoms with Gasteiger partial charge in [0.15, 0.2) is 6.29 Å². The zero-order chi connectivity index (χ0) is 12.3. The summed E-state index contributed by atoms with van der Waals surface area (Å²) in [6.45, 7) is 5.79. The highest BCUT2D eigenvalue weighted by molar-refractivity contribution is 5.73. The quantitative estimate of drug-likeness (QED) is 0.739. The second-order valence-electron chi connectivity index (χ2n) is 4.34. The van der Waals surface area contributed by atoms with Crippen molar-refractivity contribution in [2.24, 2.45) is 0 Å². The van der Waals surface area contributed by atoms with Crippen molar-refractivity contribution in [3.05, 3.63) is 23.0 Å². The molecule has 0 saturated heterocycles. The number of nitrogens with zero attached hydrogens (tertiary/aromatic N) is 3. The van der Waals surface area contributed by atoms with Gasteiger partial charge in [-0.1, -0.05) is 6.92 Å². The number of aromatic nitrogens is 1. The van der Waals surface area contributed by atoms with Crippen LogP contribution in [0.25, 0.3) is 0 Å². The summed E-state index contributed by atoms with van der Waals surface area (Å²) in [5.74, 6) is 0. The molecule has 90 valence electrons. The molecule has 0 radical (unpaired) electrons. The molecule has 1 aliphatic rings. The molecule has 0 N–H and O–H groups in total. The van der Waals surface area contributed by atoms with Gasteiger partial charge < -0.3 is 4.57 Å². The first-order valence-electron chi connectivity index (χ1n) is 6.06. The van der Waals surface area contributed by atoms with E-state index in [9.17, 15) is 4.79 Å². The van der Waals surface area contributed by atoms with E-state index in [0.29, 0.717) is 18.7 Å². The predicted octanol–water partition coefficient (Wildman–Crippen LogP) is 1.59. The maximum absolute atomic E-state index is 11.0. The lowest BCUT2D eigenvalue weighted by Gasteiger charge is -2.26. The monoisotopic (exact) mass is 231 g/mol. The highest BCUT2D eigenvalue weighted by atomic mass is 16.1. The van der Waals surface area contributed by atoms with Crippen LogP contribution in [0.4, 0.5) is 0 Å². The van der Waals surface area contributed by atoms with E-state index in [1.165, 1.54) is 11.3 Å². The number of aldehydes is 1. The van der Waals surface area contributed by atoms with E-state index in [4.69, 9.17) is 5.26 Å². The molecule has 2 rings (SSSR count). The van der Waals surface area contributed by atoms with Crippen LogP contribution in [0, 0.1) is 11.3 Å². The Morgan fingerprint density at radius 2 is 2.41 bits per heavy atom. The van der Waals surface area contributed by atoms with E-state index in [1.54, 1.807) is 0 Å². The van der Waals surface area contributed by atoms with E-state index in [0.717, 1.165) is 32.3 Å². The Hall–Kier alpha value is -1.60. The summed E-state index contributed by atoms with van der Waals surface area (Å²) in [6.07, 6.45) is 2.33. The number of likely N-dealkylation sites (N-methyl/N-ethyl adjacent to an activating group) is 1. The number of nitriles is 1. The van der Waals surface area contributed by atoms with Crippen LogP contribution < -0.4 is 0 Å². The maximum Gasteiger partial charge on any atom is 0.166 e. The SMILES string of the molecule is CCN1CCc2c(cc(C=O)n2CCC#N)C1. The minimum absolute atomic E-state index is 0.458. The molecule has 1 aromatic rings. The summed E-state index contributed by atoms with van der Waals surface area (Å²) in [5.41, 5.74) is 3.20. The Morgan fingerprint density at radius 3 is 3.06 bits per heavy atom. The average molecular weight is 231 g/mol. The first kappa shape index (κ1) is 11.9. The molecule has 4 nitrogen and oxygen atoms in total. The standard InChI is InChI=1S/C13H17N3O/c1-2-15-7-4-13-11(9-15)8-12(10-17)16(13)6-3-5-14/h8,10H,2-4,6-7,9H2,1H3. The van der Waals surface area contributed by atoms with Crippen LogP contribution in [0.5, 0.6) is 0 Å². The lowest BCUT2D eigenvalue weighted by atomic mass is 10.1. The fourth-order valence-corrected chi connectivity index (χ4v) is 2.48. The smallest absolute Gasteiger partial charge is 0.166 e. The number of carbonyl (C=O) groups is 1. The zero-order valence-electron chi connectivity index (χ0n) is 10.1. The predicted molar refractivity (Wildman–Crippen MR) is 64.7 cm³/mol. The van der Waals surface area contributed by atoms with Crippen molar-refractivity contribution < 1.29 is 4.79 Å². The van der Waals surface area contributed by atoms with Crippen LogP contribution in [0.2, 0.25) is 0 Å². The van der Waals surface area contributed by atoms with Crippen LogP contribution in [0.15, 0.2) is 6.07 Å². The molecular formula is C13H17N3O. The molecule has 0 unspecified atom stereocenters. The molecule has 0 bridgehead atoms. The van der Waals surface area contributed by atoms with E-state index in [2.05, 4.69) is 17.9 Å². The third-order valence-corrected chi connectivity index (χ3v) is 3.40. The van der Waals surface area contributed by atoms with Gasteiger partial charge in [0.05, 0.1) is 18.2 Å². The molecular weight excluding hydrogens is 214 g/mol. The first-order chi connectivity index (χ1) is 8.30. The summed E-state index contributed by atoms with van der Waals surface area (Å²) in [4.78, 5) is 13.4. The van der Waals surface area contributed by atoms with Crippen LogP contribution in [0.1, 0.15) is 35.1 Å². The van der Waals surface area contributed by atoms with Crippen LogP contribution in [-0.2, 0) is 19.5 Å². The molecule has 0 atom stereocenters. The van der Waals surface area contributed by atoms with Gasteiger partial charge in [-0.3, -0.25) is 9.69 Å². The largest absolute Gasteiger partial charge is 0.341 e. The molecule has 1 aliphatic heterocycles. The summed E-state index contributed by atoms with van der Waals surface area (Å²) >= 11 is 0. The van der Waals surface area contributed by atoms with Gasteiger partial charge >= 0.3 is 0 Å². The third-order valence-electron chi connectivity index (χ3n) is 3.40. The second kappa shape index (κ2) is 5.15. The van der Waals surface area contributed by atoms with Gasteiger partial charge in [0.1, 0.15) is 0 Å². The molecule has 0 spiro atoms. The van der Waals surface area contributed by atoms with E-state index in [1.807, 2.05) is 10.6 Å². The fraction of sp³-hybridized carbons (Fsp3) is 0.538. The van der Waals surface area contributed by atoms with Crippen molar-refractivity contribution in [3.63, 3.8) is 0 Å². The van der Waals surface area contributed by atoms with Gasteiger partial charge in [0.2, 0.25) is 0 Å². The lowest BCUT2D eigenvalue weighted by Crippen LogP contribution is -2.30. The highest BCUT2D eigenvalue weighted by Crippen LogP contribution is 2.22. The third kappa shape index (κ3) is 2.25. The zero-order valence-corrected chi connectivity index (χ0v) is 10.1. The molecule has 0 amide bonds. The number of fused-ring (bicyclic) bond motifs is 1. The van der Waals surface area contributed by atoms with Crippen molar-refractivity contribution in [3.8, 4) is 6.07 Å². The molecule has 1 aromatic heterocycles. The van der Waals surface area contributed by atoms with Gasteiger partial charge in [-0.2, -0.15) is 5.26 Å². The number of rotatable bonds is 4. The van der Waals surface area contributed by atoms with Gasteiger partial charge in [0, 0.05) is 31.7 Å². The minimum atomic E-state index is 0.458. The normalized spacial score (nSPS) is 15.3. The van der Waals surface area contributed by atoms with Gasteiger partial charge in [-0.15, -0.1) is 0 Å². The molecule has 17 heavy (non-hydrogen) atoms. The van der Waals surface area contributed by atoms with E-state index < -0.39 is 0 Å². The van der Waals surface area contributed by atoms with Crippen molar-refractivity contribution in [2.75, 3.05) is 13.1 Å². The van der Waals surface area contributed by atoms with Crippen molar-refractivity contribution in [1.29, 1.82) is 5.26 Å². The topological polar surface area (TPSA) is 49.0 Å². The molecule has 4 heteroatoms. The Labute approximate surface area is 101 Å². The van der Waals surface area contributed by atoms with Gasteiger partial charge in [0.25, 0.3) is 0 Å². The van der Waals surface area contributed by atoms with E-state index in [-0.39, 0.29) is 0 Å². The molecule has 0 aromatic carbocycles. The Balaban J connectivity index is 2.30. The summed E-state index contributed by atoms with van der Waals surface area (Å²) in [5, 5.41) is 8.65. The number of hydrogen-bond donors (Lipinski definition) is 0. The van der Waals surface area contributed by atoms with Crippen molar-refractivity contribution in [2.45, 2.75) is 32.9 Å². The molecule has 0 saturated carbocycles. The van der Waals surface area contributed by atoms with Crippen LogP contribution >= 0.6 is 0 Å². The fourth-order valence-electron chi connectivity index (χ4n) is 2.48. The number of hydrogen-bond acceptors (Lipinski definition) is 3. The first-order valence-corrected chi connectivity index (χ1v) is 6.06. The van der Waals surface area contributed by atoms with Gasteiger partial charge in [-0.25, -0.2) is 0 Å². The second-order valence-corrected chi connectivity index (χ2v) is 4.34. The Kier molecular flexibility index (Phi) is 3.60. The van der Waals surface area contributed by atoms with E-state index >= 15 is 0 Å². The summed E-state index contributed by atoms with van der Waals surface area (Å²) < 4.78 is 2.01. The molecule has 2 heterocycles. The number of carbonyl (C=O) groups excluding carboxylic acids is 1.